The van der Waals surface area contributed by atoms with Gasteiger partial charge in [-0.15, -0.1) is 0 Å². The van der Waals surface area contributed by atoms with Crippen molar-refractivity contribution in [1.82, 2.24) is 0 Å². The molecule has 96 valence electrons. The minimum atomic E-state index is -0.452. The standard InChI is InChI=1S/C19H16P/c1-4-10-17(11-5-1)16-20(18-12-6-2-7-13-18)19-14-8-3-9-15-19/h1-16H/q+1. The Morgan fingerprint density at radius 1 is 0.500 bits per heavy atom. The normalized spacial score (nSPS) is 10.0. The minimum Gasteiger partial charge on any atom is -0.0622 e. The third-order valence-electron chi connectivity index (χ3n) is 3.15. The van der Waals surface area contributed by atoms with Crippen LogP contribution < -0.4 is 10.6 Å². The Morgan fingerprint density at radius 2 is 0.900 bits per heavy atom. The maximum Gasteiger partial charge on any atom is 0.170 e. The molecule has 0 fully saturated rings. The molecule has 0 saturated heterocycles. The highest BCUT2D eigenvalue weighted by atomic mass is 31.1. The molecule has 0 aliphatic heterocycles. The van der Waals surface area contributed by atoms with Crippen LogP contribution in [0.2, 0.25) is 0 Å². The van der Waals surface area contributed by atoms with Crippen LogP contribution >= 0.6 is 7.55 Å². The molecule has 0 aliphatic carbocycles. The number of benzene rings is 3. The van der Waals surface area contributed by atoms with Gasteiger partial charge in [0.15, 0.2) is 18.2 Å². The Morgan fingerprint density at radius 3 is 1.35 bits per heavy atom. The highest BCUT2D eigenvalue weighted by molar-refractivity contribution is 7.72. The third-order valence-corrected chi connectivity index (χ3v) is 5.41. The molecule has 0 amide bonds. The van der Waals surface area contributed by atoms with Crippen LogP contribution in [0.1, 0.15) is 5.56 Å². The Kier molecular flexibility index (Phi) is 4.06. The monoisotopic (exact) mass is 275 g/mol. The van der Waals surface area contributed by atoms with E-state index in [1.54, 1.807) is 0 Å². The first-order chi connectivity index (χ1) is 9.93. The largest absolute Gasteiger partial charge is 0.170 e. The van der Waals surface area contributed by atoms with Gasteiger partial charge in [-0.3, -0.25) is 0 Å². The van der Waals surface area contributed by atoms with Gasteiger partial charge in [0.25, 0.3) is 0 Å². The molecule has 3 rings (SSSR count). The predicted octanol–water partition coefficient (Wildman–Crippen LogP) is 3.97. The van der Waals surface area contributed by atoms with E-state index in [1.807, 2.05) is 0 Å². The fourth-order valence-corrected chi connectivity index (χ4v) is 4.22. The lowest BCUT2D eigenvalue weighted by Crippen LogP contribution is -2.08. The summed E-state index contributed by atoms with van der Waals surface area (Å²) in [6.07, 6.45) is 0. The molecule has 0 unspecified atom stereocenters. The summed E-state index contributed by atoms with van der Waals surface area (Å²) in [5.41, 5.74) is 1.28. The quantitative estimate of drug-likeness (QED) is 0.634. The van der Waals surface area contributed by atoms with E-state index in [-0.39, 0.29) is 0 Å². The molecule has 0 nitrogen and oxygen atoms in total. The van der Waals surface area contributed by atoms with Gasteiger partial charge < -0.3 is 0 Å². The highest BCUT2D eigenvalue weighted by Crippen LogP contribution is 2.22. The predicted molar refractivity (Wildman–Crippen MR) is 90.7 cm³/mol. The van der Waals surface area contributed by atoms with Crippen molar-refractivity contribution in [2.24, 2.45) is 0 Å². The second-order valence-corrected chi connectivity index (χ2v) is 6.61. The van der Waals surface area contributed by atoms with Crippen LogP contribution in [-0.2, 0) is 0 Å². The van der Waals surface area contributed by atoms with Gasteiger partial charge >= 0.3 is 0 Å². The first kappa shape index (κ1) is 12.8. The first-order valence-electron chi connectivity index (χ1n) is 6.73. The van der Waals surface area contributed by atoms with E-state index in [0.29, 0.717) is 0 Å². The Labute approximate surface area is 121 Å². The third kappa shape index (κ3) is 3.04. The van der Waals surface area contributed by atoms with E-state index in [0.717, 1.165) is 0 Å². The van der Waals surface area contributed by atoms with E-state index in [2.05, 4.69) is 96.8 Å². The number of hydrogen-bond acceptors (Lipinski definition) is 0. The molecular formula is C19H16P+. The average Bonchev–Trinajstić information content (AvgIpc) is 2.55. The topological polar surface area (TPSA) is 0 Å². The molecular weight excluding hydrogens is 259 g/mol. The summed E-state index contributed by atoms with van der Waals surface area (Å²) in [6, 6.07) is 32.1. The van der Waals surface area contributed by atoms with Crippen molar-refractivity contribution < 1.29 is 0 Å². The van der Waals surface area contributed by atoms with Crippen LogP contribution in [-0.4, -0.2) is 5.80 Å². The molecule has 3 aromatic carbocycles. The van der Waals surface area contributed by atoms with Crippen molar-refractivity contribution in [2.75, 3.05) is 0 Å². The van der Waals surface area contributed by atoms with E-state index in [9.17, 15) is 0 Å². The lowest BCUT2D eigenvalue weighted by molar-refractivity contribution is 1.69. The molecule has 0 aromatic heterocycles. The fourth-order valence-electron chi connectivity index (χ4n) is 2.16. The van der Waals surface area contributed by atoms with E-state index >= 15 is 0 Å². The van der Waals surface area contributed by atoms with Gasteiger partial charge in [0.05, 0.1) is 0 Å². The van der Waals surface area contributed by atoms with Crippen molar-refractivity contribution in [3.05, 3.63) is 96.6 Å². The Balaban J connectivity index is 2.12. The lowest BCUT2D eigenvalue weighted by Gasteiger charge is -1.97. The van der Waals surface area contributed by atoms with Crippen LogP contribution in [0.15, 0.2) is 91.0 Å². The van der Waals surface area contributed by atoms with Crippen LogP contribution in [0.5, 0.6) is 0 Å². The molecule has 0 saturated carbocycles. The van der Waals surface area contributed by atoms with Gasteiger partial charge in [-0.2, -0.15) is 0 Å². The lowest BCUT2D eigenvalue weighted by atomic mass is 10.2. The summed E-state index contributed by atoms with van der Waals surface area (Å²) in [6.45, 7) is 0. The van der Waals surface area contributed by atoms with Crippen molar-refractivity contribution in [3.8, 4) is 0 Å². The van der Waals surface area contributed by atoms with Crippen molar-refractivity contribution in [1.29, 1.82) is 0 Å². The fraction of sp³-hybridized carbons (Fsp3) is 0. The van der Waals surface area contributed by atoms with Gasteiger partial charge in [-0.1, -0.05) is 66.7 Å². The van der Waals surface area contributed by atoms with Crippen molar-refractivity contribution >= 4 is 24.0 Å². The highest BCUT2D eigenvalue weighted by Gasteiger charge is 2.17. The molecule has 0 bridgehead atoms. The summed E-state index contributed by atoms with van der Waals surface area (Å²) in [4.78, 5) is 0. The molecule has 0 spiro atoms. The first-order valence-corrected chi connectivity index (χ1v) is 8.14. The molecule has 20 heavy (non-hydrogen) atoms. The van der Waals surface area contributed by atoms with Crippen molar-refractivity contribution in [3.63, 3.8) is 0 Å². The molecule has 3 aromatic rings. The maximum atomic E-state index is 2.39. The zero-order valence-corrected chi connectivity index (χ0v) is 12.1. The summed E-state index contributed by atoms with van der Waals surface area (Å²) in [5, 5.41) is 2.77. The second kappa shape index (κ2) is 6.32. The van der Waals surface area contributed by atoms with Crippen LogP contribution in [0.4, 0.5) is 0 Å². The van der Waals surface area contributed by atoms with Crippen LogP contribution in [0.3, 0.4) is 0 Å². The summed E-state index contributed by atoms with van der Waals surface area (Å²) in [5.74, 6) is 2.39. The second-order valence-electron chi connectivity index (χ2n) is 4.58. The number of rotatable bonds is 3. The summed E-state index contributed by atoms with van der Waals surface area (Å²) in [7, 11) is -0.452. The molecule has 0 N–H and O–H groups in total. The van der Waals surface area contributed by atoms with Gasteiger partial charge in [0.1, 0.15) is 5.80 Å². The molecule has 0 radical (unpaired) electrons. The van der Waals surface area contributed by atoms with Gasteiger partial charge in [-0.25, -0.2) is 0 Å². The number of hydrogen-bond donors (Lipinski definition) is 0. The Hall–Kier alpha value is -2.17. The van der Waals surface area contributed by atoms with Gasteiger partial charge in [-0.05, 0) is 24.3 Å². The molecule has 0 heterocycles. The molecule has 0 atom stereocenters. The Bertz CT molecular complexity index is 644. The SMILES string of the molecule is C(c1ccccc1)=[P+](c1ccccc1)c1ccccc1. The summed E-state index contributed by atoms with van der Waals surface area (Å²) >= 11 is 0. The van der Waals surface area contributed by atoms with Crippen LogP contribution in [0, 0.1) is 0 Å². The zero-order chi connectivity index (χ0) is 13.6. The van der Waals surface area contributed by atoms with Crippen LogP contribution in [0.25, 0.3) is 0 Å². The smallest absolute Gasteiger partial charge is 0.0622 e. The molecule has 0 aliphatic rings. The summed E-state index contributed by atoms with van der Waals surface area (Å²) < 4.78 is 0. The average molecular weight is 275 g/mol. The van der Waals surface area contributed by atoms with Crippen molar-refractivity contribution in [2.45, 2.75) is 0 Å². The zero-order valence-electron chi connectivity index (χ0n) is 11.2. The van der Waals surface area contributed by atoms with E-state index < -0.39 is 7.55 Å². The van der Waals surface area contributed by atoms with E-state index in [1.165, 1.54) is 16.2 Å². The minimum absolute atomic E-state index is 0.452. The van der Waals surface area contributed by atoms with Gasteiger partial charge in [0.2, 0.25) is 0 Å². The molecule has 1 heteroatoms. The maximum absolute atomic E-state index is 2.39. The van der Waals surface area contributed by atoms with E-state index in [4.69, 9.17) is 0 Å². The van der Waals surface area contributed by atoms with Gasteiger partial charge in [0, 0.05) is 5.56 Å².